The summed E-state index contributed by atoms with van der Waals surface area (Å²) in [4.78, 5) is 28.3. The molecule has 7 nitrogen and oxygen atoms in total. The van der Waals surface area contributed by atoms with Crippen molar-refractivity contribution in [1.82, 2.24) is 4.98 Å². The van der Waals surface area contributed by atoms with E-state index in [1.807, 2.05) is 13.0 Å². The maximum absolute atomic E-state index is 12.2. The second-order valence-electron chi connectivity index (χ2n) is 6.18. The first-order chi connectivity index (χ1) is 14.4. The largest absolute Gasteiger partial charge is 0.493 e. The summed E-state index contributed by atoms with van der Waals surface area (Å²) < 4.78 is 15.8. The number of ether oxygens (including phenoxy) is 3. The van der Waals surface area contributed by atoms with Crippen molar-refractivity contribution in [2.24, 2.45) is 0 Å². The zero-order valence-electron chi connectivity index (χ0n) is 16.8. The van der Waals surface area contributed by atoms with Crippen molar-refractivity contribution in [3.8, 4) is 17.6 Å². The lowest BCUT2D eigenvalue weighted by Gasteiger charge is -2.12. The summed E-state index contributed by atoms with van der Waals surface area (Å²) in [5.41, 5.74) is 1.32. The zero-order chi connectivity index (χ0) is 22.1. The molecule has 9 heteroatoms. The van der Waals surface area contributed by atoms with Gasteiger partial charge in [0.1, 0.15) is 5.01 Å². The minimum atomic E-state index is -1.06. The van der Waals surface area contributed by atoms with Crippen molar-refractivity contribution in [3.05, 3.63) is 44.9 Å². The molecule has 30 heavy (non-hydrogen) atoms. The molecule has 0 saturated carbocycles. The highest BCUT2D eigenvalue weighted by atomic mass is 35.5. The number of esters is 1. The summed E-state index contributed by atoms with van der Waals surface area (Å²) in [5.74, 6) is -1.44. The molecule has 0 N–H and O–H groups in total. The Balaban J connectivity index is 1.99. The molecule has 0 fully saturated rings. The van der Waals surface area contributed by atoms with Gasteiger partial charge in [-0.1, -0.05) is 18.5 Å². The van der Waals surface area contributed by atoms with Gasteiger partial charge in [0, 0.05) is 17.2 Å². The van der Waals surface area contributed by atoms with E-state index in [1.165, 1.54) is 30.6 Å². The minimum absolute atomic E-state index is 0.349. The maximum Gasteiger partial charge on any atom is 0.331 e. The highest BCUT2D eigenvalue weighted by Gasteiger charge is 2.24. The van der Waals surface area contributed by atoms with Gasteiger partial charge in [0.2, 0.25) is 0 Å². The van der Waals surface area contributed by atoms with E-state index in [0.717, 1.165) is 12.1 Å². The van der Waals surface area contributed by atoms with Gasteiger partial charge in [0.25, 0.3) is 0 Å². The second-order valence-corrected chi connectivity index (χ2v) is 7.48. The summed E-state index contributed by atoms with van der Waals surface area (Å²) in [6.07, 6.45) is 3.47. The number of ketones is 1. The summed E-state index contributed by atoms with van der Waals surface area (Å²) in [7, 11) is 1.49. The lowest BCUT2D eigenvalue weighted by atomic mass is 10.1. The molecule has 1 heterocycles. The first-order valence-corrected chi connectivity index (χ1v) is 10.3. The van der Waals surface area contributed by atoms with Crippen LogP contribution in [0, 0.1) is 18.3 Å². The molecule has 2 aromatic rings. The molecule has 0 saturated heterocycles. The Bertz CT molecular complexity index is 980. The fraction of sp³-hybridized carbons (Fsp3) is 0.333. The zero-order valence-corrected chi connectivity index (χ0v) is 18.4. The summed E-state index contributed by atoms with van der Waals surface area (Å²) in [6.45, 7) is 3.72. The fourth-order valence-electron chi connectivity index (χ4n) is 2.39. The van der Waals surface area contributed by atoms with E-state index in [-0.39, 0.29) is 0 Å². The van der Waals surface area contributed by atoms with Crippen molar-refractivity contribution in [3.63, 3.8) is 0 Å². The van der Waals surface area contributed by atoms with Gasteiger partial charge >= 0.3 is 5.97 Å². The van der Waals surface area contributed by atoms with Crippen LogP contribution in [0.5, 0.6) is 11.5 Å². The standard InChI is InChI=1S/C21H21ClN2O5S/c1-4-7-28-20-16(22)8-14(9-18(20)27-3)5-6-19(26)29-11-17(25)15(10-23)21-24-13(2)12-30-21/h5-6,8-9,12,15H,4,7,11H2,1-3H3. The van der Waals surface area contributed by atoms with Gasteiger partial charge < -0.3 is 14.2 Å². The van der Waals surface area contributed by atoms with E-state index in [1.54, 1.807) is 24.4 Å². The predicted molar refractivity (Wildman–Crippen MR) is 114 cm³/mol. The number of nitrogens with zero attached hydrogens (tertiary/aromatic N) is 2. The van der Waals surface area contributed by atoms with Crippen LogP contribution in [-0.2, 0) is 14.3 Å². The summed E-state index contributed by atoms with van der Waals surface area (Å²) in [6, 6.07) is 5.19. The van der Waals surface area contributed by atoms with Crippen LogP contribution >= 0.6 is 22.9 Å². The average Bonchev–Trinajstić information content (AvgIpc) is 3.15. The van der Waals surface area contributed by atoms with Gasteiger partial charge in [0.05, 0.1) is 24.8 Å². The third-order valence-electron chi connectivity index (χ3n) is 3.81. The van der Waals surface area contributed by atoms with Crippen LogP contribution in [0.15, 0.2) is 23.6 Å². The van der Waals surface area contributed by atoms with Crippen LogP contribution in [0.4, 0.5) is 0 Å². The molecule has 0 radical (unpaired) electrons. The van der Waals surface area contributed by atoms with E-state index in [4.69, 9.17) is 25.8 Å². The normalized spacial score (nSPS) is 11.7. The smallest absolute Gasteiger partial charge is 0.331 e. The molecule has 0 aliphatic heterocycles. The third-order valence-corrected chi connectivity index (χ3v) is 5.11. The number of hydrogen-bond acceptors (Lipinski definition) is 8. The number of hydrogen-bond donors (Lipinski definition) is 0. The highest BCUT2D eigenvalue weighted by molar-refractivity contribution is 7.09. The number of halogens is 1. The lowest BCUT2D eigenvalue weighted by molar-refractivity contribution is -0.143. The van der Waals surface area contributed by atoms with Crippen LogP contribution in [-0.4, -0.2) is 37.1 Å². The number of aromatic nitrogens is 1. The number of nitriles is 1. The highest BCUT2D eigenvalue weighted by Crippen LogP contribution is 2.36. The number of aryl methyl sites for hydroxylation is 1. The molecule has 0 aliphatic carbocycles. The minimum Gasteiger partial charge on any atom is -0.493 e. The number of thiazole rings is 1. The van der Waals surface area contributed by atoms with Crippen molar-refractivity contribution < 1.29 is 23.8 Å². The van der Waals surface area contributed by atoms with Gasteiger partial charge in [-0.15, -0.1) is 11.3 Å². The SMILES string of the molecule is CCCOc1c(Cl)cc(C=CC(=O)OCC(=O)C(C#N)c2nc(C)cs2)cc1OC. The fourth-order valence-corrected chi connectivity index (χ4v) is 3.52. The second kappa shape index (κ2) is 11.3. The molecule has 158 valence electrons. The number of carbonyl (C=O) groups is 2. The Kier molecular flexibility index (Phi) is 8.84. The molecule has 1 atom stereocenters. The Morgan fingerprint density at radius 2 is 2.17 bits per heavy atom. The van der Waals surface area contributed by atoms with Crippen molar-refractivity contribution in [2.75, 3.05) is 20.3 Å². The maximum atomic E-state index is 12.2. The molecule has 1 aromatic heterocycles. The molecule has 0 bridgehead atoms. The van der Waals surface area contributed by atoms with Crippen molar-refractivity contribution >= 4 is 40.8 Å². The molecule has 0 aliphatic rings. The van der Waals surface area contributed by atoms with Crippen LogP contribution in [0.1, 0.15) is 35.5 Å². The van der Waals surface area contributed by atoms with Crippen LogP contribution in [0.3, 0.4) is 0 Å². The van der Waals surface area contributed by atoms with Gasteiger partial charge in [0.15, 0.2) is 29.8 Å². The van der Waals surface area contributed by atoms with E-state index in [2.05, 4.69) is 4.98 Å². The first-order valence-electron chi connectivity index (χ1n) is 9.09. The van der Waals surface area contributed by atoms with E-state index in [9.17, 15) is 14.9 Å². The van der Waals surface area contributed by atoms with Gasteiger partial charge in [-0.2, -0.15) is 5.26 Å². The van der Waals surface area contributed by atoms with E-state index in [0.29, 0.717) is 33.7 Å². The molecule has 1 unspecified atom stereocenters. The molecular weight excluding hydrogens is 428 g/mol. The Labute approximate surface area is 183 Å². The van der Waals surface area contributed by atoms with Gasteiger partial charge in [-0.3, -0.25) is 4.79 Å². The van der Waals surface area contributed by atoms with Crippen molar-refractivity contribution in [1.29, 1.82) is 5.26 Å². The number of Topliss-reactive ketones (excluding diaryl/α,β-unsaturated/α-hetero) is 1. The number of rotatable bonds is 10. The van der Waals surface area contributed by atoms with Gasteiger partial charge in [-0.05, 0) is 37.1 Å². The van der Waals surface area contributed by atoms with Crippen molar-refractivity contribution in [2.45, 2.75) is 26.2 Å². The molecule has 1 aromatic carbocycles. The number of carbonyl (C=O) groups excluding carboxylic acids is 2. The lowest BCUT2D eigenvalue weighted by Crippen LogP contribution is -2.19. The summed E-state index contributed by atoms with van der Waals surface area (Å²) >= 11 is 7.46. The van der Waals surface area contributed by atoms with E-state index < -0.39 is 24.3 Å². The first kappa shape index (κ1) is 23.4. The summed E-state index contributed by atoms with van der Waals surface area (Å²) in [5, 5.41) is 11.7. The van der Waals surface area contributed by atoms with Crippen LogP contribution < -0.4 is 9.47 Å². The molecule has 0 spiro atoms. The topological polar surface area (TPSA) is 98.5 Å². The Hall–Kier alpha value is -2.89. The van der Waals surface area contributed by atoms with Gasteiger partial charge in [-0.25, -0.2) is 9.78 Å². The van der Waals surface area contributed by atoms with E-state index >= 15 is 0 Å². The average molecular weight is 449 g/mol. The monoisotopic (exact) mass is 448 g/mol. The quantitative estimate of drug-likeness (QED) is 0.394. The Morgan fingerprint density at radius 3 is 2.77 bits per heavy atom. The molecule has 2 rings (SSSR count). The van der Waals surface area contributed by atoms with Crippen LogP contribution in [0.2, 0.25) is 5.02 Å². The third kappa shape index (κ3) is 6.31. The Morgan fingerprint density at radius 1 is 1.40 bits per heavy atom. The number of benzene rings is 1. The predicted octanol–water partition coefficient (Wildman–Crippen LogP) is 4.34. The number of methoxy groups -OCH3 is 1. The molecular formula is C21H21ClN2O5S. The molecule has 0 amide bonds. The van der Waals surface area contributed by atoms with Crippen LogP contribution in [0.25, 0.3) is 6.08 Å².